The third kappa shape index (κ3) is 3.72. The van der Waals surface area contributed by atoms with Crippen LogP contribution in [0.25, 0.3) is 0 Å². The number of esters is 1. The Morgan fingerprint density at radius 3 is 2.80 bits per heavy atom. The first-order valence-corrected chi connectivity index (χ1v) is 5.43. The lowest BCUT2D eigenvalue weighted by Crippen LogP contribution is -2.22. The Morgan fingerprint density at radius 1 is 1.55 bits per heavy atom. The van der Waals surface area contributed by atoms with Gasteiger partial charge in [-0.1, -0.05) is 0 Å². The van der Waals surface area contributed by atoms with E-state index in [4.69, 9.17) is 20.1 Å². The molecule has 0 aromatic carbocycles. The predicted molar refractivity (Wildman–Crippen MR) is 63.5 cm³/mol. The van der Waals surface area contributed by atoms with E-state index in [1.54, 1.807) is 0 Å². The molecule has 0 saturated carbocycles. The zero-order valence-electron chi connectivity index (χ0n) is 10.8. The number of methoxy groups -OCH3 is 1. The minimum atomic E-state index is -1.29. The van der Waals surface area contributed by atoms with E-state index in [2.05, 4.69) is 14.8 Å². The number of hydrogen-bond donors (Lipinski definition) is 2. The number of amides is 1. The van der Waals surface area contributed by atoms with Crippen LogP contribution in [0.3, 0.4) is 0 Å². The first kappa shape index (κ1) is 15.5. The number of aromatic nitrogens is 1. The standard InChI is InChI=1S/C11H13N3O6/c1-6(15)11(17)20-5-19-9-7(18-2)3-4-13-8(9)10(16)14-12/h3-4,6,12,15H,5H2,1-2H3. The molecule has 9 nitrogen and oxygen atoms in total. The zero-order chi connectivity index (χ0) is 15.1. The highest BCUT2D eigenvalue weighted by molar-refractivity contribution is 5.95. The number of rotatable bonds is 6. The number of aliphatic hydroxyl groups excluding tert-OH is 1. The van der Waals surface area contributed by atoms with Gasteiger partial charge in [0.15, 0.2) is 17.2 Å². The molecule has 0 aliphatic carbocycles. The van der Waals surface area contributed by atoms with Gasteiger partial charge in [0.2, 0.25) is 6.79 Å². The van der Waals surface area contributed by atoms with Gasteiger partial charge in [0.1, 0.15) is 6.10 Å². The topological polar surface area (TPSA) is 131 Å². The number of aliphatic hydroxyl groups is 1. The Hall–Kier alpha value is -2.55. The van der Waals surface area contributed by atoms with Gasteiger partial charge in [0, 0.05) is 12.3 Å². The molecule has 0 saturated heterocycles. The van der Waals surface area contributed by atoms with Gasteiger partial charge in [-0.25, -0.2) is 15.3 Å². The molecule has 1 unspecified atom stereocenters. The van der Waals surface area contributed by atoms with Crippen LogP contribution in [-0.4, -0.2) is 42.0 Å². The van der Waals surface area contributed by atoms with Crippen LogP contribution in [0.1, 0.15) is 17.4 Å². The number of pyridine rings is 1. The van der Waals surface area contributed by atoms with E-state index in [0.717, 1.165) is 0 Å². The number of ether oxygens (including phenoxy) is 3. The van der Waals surface area contributed by atoms with E-state index in [-0.39, 0.29) is 17.2 Å². The summed E-state index contributed by atoms with van der Waals surface area (Å²) in [5.74, 6) is -1.75. The third-order valence-corrected chi connectivity index (χ3v) is 2.14. The summed E-state index contributed by atoms with van der Waals surface area (Å²) >= 11 is 0. The number of carbonyl (C=O) groups excluding carboxylic acids is 2. The van der Waals surface area contributed by atoms with E-state index >= 15 is 0 Å². The van der Waals surface area contributed by atoms with Crippen molar-refractivity contribution >= 4 is 11.9 Å². The molecule has 1 rings (SSSR count). The smallest absolute Gasteiger partial charge is 0.337 e. The minimum Gasteiger partial charge on any atom is -0.493 e. The van der Waals surface area contributed by atoms with Crippen molar-refractivity contribution < 1.29 is 28.9 Å². The van der Waals surface area contributed by atoms with Crippen LogP contribution in [0.15, 0.2) is 17.4 Å². The van der Waals surface area contributed by atoms with Crippen molar-refractivity contribution in [1.82, 2.24) is 4.98 Å². The van der Waals surface area contributed by atoms with Gasteiger partial charge in [-0.3, -0.25) is 4.79 Å². The van der Waals surface area contributed by atoms with Crippen LogP contribution in [-0.2, 0) is 9.53 Å². The van der Waals surface area contributed by atoms with Gasteiger partial charge in [-0.2, -0.15) is 0 Å². The first-order chi connectivity index (χ1) is 9.51. The van der Waals surface area contributed by atoms with Crippen molar-refractivity contribution in [2.45, 2.75) is 13.0 Å². The molecule has 9 heteroatoms. The SMILES string of the molecule is COc1ccnc(C(=O)N=N)c1OCOC(=O)C(C)O. The molecular formula is C11H13N3O6. The Labute approximate surface area is 114 Å². The Balaban J connectivity index is 2.89. The molecule has 0 spiro atoms. The number of nitrogens with one attached hydrogen (secondary N) is 1. The van der Waals surface area contributed by atoms with Crippen molar-refractivity contribution in [3.8, 4) is 11.5 Å². The lowest BCUT2D eigenvalue weighted by Gasteiger charge is -2.13. The summed E-state index contributed by atoms with van der Waals surface area (Å²) in [5.41, 5.74) is 6.45. The fourth-order valence-electron chi connectivity index (χ4n) is 1.20. The van der Waals surface area contributed by atoms with Crippen LogP contribution in [0.5, 0.6) is 11.5 Å². The zero-order valence-corrected chi connectivity index (χ0v) is 10.8. The van der Waals surface area contributed by atoms with Crippen molar-refractivity contribution in [1.29, 1.82) is 5.53 Å². The summed E-state index contributed by atoms with van der Waals surface area (Å²) in [6.45, 7) is 0.685. The summed E-state index contributed by atoms with van der Waals surface area (Å²) < 4.78 is 14.7. The fraction of sp³-hybridized carbons (Fsp3) is 0.364. The molecule has 0 radical (unpaired) electrons. The Bertz CT molecular complexity index is 517. The van der Waals surface area contributed by atoms with Crippen LogP contribution < -0.4 is 9.47 Å². The van der Waals surface area contributed by atoms with Crippen LogP contribution in [0.2, 0.25) is 0 Å². The first-order valence-electron chi connectivity index (χ1n) is 5.43. The van der Waals surface area contributed by atoms with Crippen molar-refractivity contribution in [3.05, 3.63) is 18.0 Å². The second-order valence-corrected chi connectivity index (χ2v) is 3.51. The maximum Gasteiger partial charge on any atom is 0.337 e. The average Bonchev–Trinajstić information content (AvgIpc) is 2.46. The van der Waals surface area contributed by atoms with Crippen LogP contribution >= 0.6 is 0 Å². The van der Waals surface area contributed by atoms with Gasteiger partial charge in [-0.05, 0) is 6.92 Å². The van der Waals surface area contributed by atoms with E-state index in [0.29, 0.717) is 0 Å². The Morgan fingerprint density at radius 2 is 2.25 bits per heavy atom. The predicted octanol–water partition coefficient (Wildman–Crippen LogP) is 0.522. The number of nitrogens with zero attached hydrogens (tertiary/aromatic N) is 2. The molecule has 0 fully saturated rings. The van der Waals surface area contributed by atoms with Gasteiger partial charge < -0.3 is 19.3 Å². The van der Waals surface area contributed by atoms with Gasteiger partial charge >= 0.3 is 11.9 Å². The van der Waals surface area contributed by atoms with Gasteiger partial charge in [-0.15, -0.1) is 5.11 Å². The van der Waals surface area contributed by atoms with Crippen LogP contribution in [0, 0.1) is 5.53 Å². The minimum absolute atomic E-state index is 0.102. The summed E-state index contributed by atoms with van der Waals surface area (Å²) in [6.07, 6.45) is -0.00919. The summed E-state index contributed by atoms with van der Waals surface area (Å²) in [6, 6.07) is 1.42. The van der Waals surface area contributed by atoms with E-state index in [1.807, 2.05) is 0 Å². The average molecular weight is 283 g/mol. The van der Waals surface area contributed by atoms with Crippen molar-refractivity contribution in [2.24, 2.45) is 5.11 Å². The summed E-state index contributed by atoms with van der Waals surface area (Å²) in [5, 5.41) is 11.7. The normalized spacial score (nSPS) is 11.3. The van der Waals surface area contributed by atoms with Crippen LogP contribution in [0.4, 0.5) is 0 Å². The largest absolute Gasteiger partial charge is 0.493 e. The Kier molecular flexibility index (Phi) is 5.54. The van der Waals surface area contributed by atoms with Crippen molar-refractivity contribution in [3.63, 3.8) is 0 Å². The molecule has 108 valence electrons. The highest BCUT2D eigenvalue weighted by Gasteiger charge is 2.19. The molecule has 2 N–H and O–H groups in total. The van der Waals surface area contributed by atoms with Gasteiger partial charge in [0.05, 0.1) is 7.11 Å². The lowest BCUT2D eigenvalue weighted by atomic mass is 10.3. The maximum absolute atomic E-state index is 11.4. The maximum atomic E-state index is 11.4. The monoisotopic (exact) mass is 283 g/mol. The molecular weight excluding hydrogens is 270 g/mol. The van der Waals surface area contributed by atoms with Crippen molar-refractivity contribution in [2.75, 3.05) is 13.9 Å². The summed E-state index contributed by atoms with van der Waals surface area (Å²) in [4.78, 5) is 26.2. The highest BCUT2D eigenvalue weighted by Crippen LogP contribution is 2.29. The fourth-order valence-corrected chi connectivity index (χ4v) is 1.20. The molecule has 20 heavy (non-hydrogen) atoms. The van der Waals surface area contributed by atoms with E-state index < -0.39 is 24.8 Å². The lowest BCUT2D eigenvalue weighted by molar-refractivity contribution is -0.159. The number of carbonyl (C=O) groups is 2. The number of hydrogen-bond acceptors (Lipinski definition) is 8. The second-order valence-electron chi connectivity index (χ2n) is 3.51. The second kappa shape index (κ2) is 7.14. The molecule has 1 aromatic rings. The molecule has 1 aromatic heterocycles. The van der Waals surface area contributed by atoms with E-state index in [1.165, 1.54) is 26.3 Å². The van der Waals surface area contributed by atoms with E-state index in [9.17, 15) is 9.59 Å². The highest BCUT2D eigenvalue weighted by atomic mass is 16.7. The molecule has 1 heterocycles. The third-order valence-electron chi connectivity index (χ3n) is 2.14. The molecule has 1 amide bonds. The molecule has 1 atom stereocenters. The molecule has 0 aliphatic rings. The molecule has 0 bridgehead atoms. The van der Waals surface area contributed by atoms with Gasteiger partial charge in [0.25, 0.3) is 0 Å². The quantitative estimate of drug-likeness (QED) is 0.442. The summed E-state index contributed by atoms with van der Waals surface area (Å²) in [7, 11) is 1.34. The molecule has 0 aliphatic heterocycles.